The lowest BCUT2D eigenvalue weighted by Crippen LogP contribution is -1.99. The van der Waals surface area contributed by atoms with Crippen molar-refractivity contribution in [3.8, 4) is 0 Å². The molecule has 17 heavy (non-hydrogen) atoms. The van der Waals surface area contributed by atoms with E-state index in [0.29, 0.717) is 11.3 Å². The van der Waals surface area contributed by atoms with Crippen LogP contribution < -0.4 is 0 Å². The van der Waals surface area contributed by atoms with Gasteiger partial charge in [-0.2, -0.15) is 0 Å². The molecule has 2 heterocycles. The number of furan rings is 1. The van der Waals surface area contributed by atoms with Gasteiger partial charge in [-0.25, -0.2) is 0 Å². The van der Waals surface area contributed by atoms with E-state index < -0.39 is 0 Å². The van der Waals surface area contributed by atoms with Gasteiger partial charge in [0.25, 0.3) is 0 Å². The van der Waals surface area contributed by atoms with Crippen molar-refractivity contribution < 1.29 is 9.21 Å². The minimum Gasteiger partial charge on any atom is -0.453 e. The standard InChI is InChI=1S/C14H9NO2/c16-14(11-5-3-7-15-9-11)13-8-10-4-1-2-6-12(10)17-13/h1-9H. The molecule has 0 N–H and O–H groups in total. The van der Waals surface area contributed by atoms with E-state index >= 15 is 0 Å². The molecule has 0 saturated carbocycles. The molecule has 0 aliphatic rings. The minimum atomic E-state index is -0.144. The Labute approximate surface area is 97.7 Å². The number of pyridine rings is 1. The van der Waals surface area contributed by atoms with Crippen LogP contribution in [0.5, 0.6) is 0 Å². The molecule has 0 unspecified atom stereocenters. The number of carbonyl (C=O) groups excluding carboxylic acids is 1. The Morgan fingerprint density at radius 2 is 2.00 bits per heavy atom. The Kier molecular flexibility index (Phi) is 2.22. The number of hydrogen-bond donors (Lipinski definition) is 0. The highest BCUT2D eigenvalue weighted by molar-refractivity contribution is 6.08. The predicted octanol–water partition coefficient (Wildman–Crippen LogP) is 3.06. The lowest BCUT2D eigenvalue weighted by Gasteiger charge is -1.94. The highest BCUT2D eigenvalue weighted by atomic mass is 16.3. The number of aromatic nitrogens is 1. The molecule has 0 bridgehead atoms. The van der Waals surface area contributed by atoms with Crippen LogP contribution >= 0.6 is 0 Å². The molecule has 0 saturated heterocycles. The van der Waals surface area contributed by atoms with Crippen molar-refractivity contribution in [2.45, 2.75) is 0 Å². The van der Waals surface area contributed by atoms with Crippen molar-refractivity contribution in [2.75, 3.05) is 0 Å². The number of para-hydroxylation sites is 1. The number of rotatable bonds is 2. The van der Waals surface area contributed by atoms with Crippen LogP contribution in [0.3, 0.4) is 0 Å². The first-order chi connectivity index (χ1) is 8.34. The molecule has 0 fully saturated rings. The number of fused-ring (bicyclic) bond motifs is 1. The Hall–Kier alpha value is -2.42. The van der Waals surface area contributed by atoms with Crippen molar-refractivity contribution in [1.29, 1.82) is 0 Å². The van der Waals surface area contributed by atoms with Gasteiger partial charge in [0.2, 0.25) is 5.78 Å². The van der Waals surface area contributed by atoms with E-state index in [1.54, 1.807) is 24.4 Å². The summed E-state index contributed by atoms with van der Waals surface area (Å²) in [6, 6.07) is 12.8. The van der Waals surface area contributed by atoms with Gasteiger partial charge in [-0.15, -0.1) is 0 Å². The fourth-order valence-corrected chi connectivity index (χ4v) is 1.73. The van der Waals surface area contributed by atoms with Crippen LogP contribution in [0.25, 0.3) is 11.0 Å². The normalized spacial score (nSPS) is 10.6. The summed E-state index contributed by atoms with van der Waals surface area (Å²) >= 11 is 0. The van der Waals surface area contributed by atoms with Crippen molar-refractivity contribution in [2.24, 2.45) is 0 Å². The first-order valence-corrected chi connectivity index (χ1v) is 5.28. The van der Waals surface area contributed by atoms with Crippen LogP contribution in [0.15, 0.2) is 59.3 Å². The maximum atomic E-state index is 12.1. The molecule has 3 rings (SSSR count). The molecular weight excluding hydrogens is 214 g/mol. The zero-order chi connectivity index (χ0) is 11.7. The third kappa shape index (κ3) is 1.72. The van der Waals surface area contributed by atoms with E-state index in [4.69, 9.17) is 4.42 Å². The van der Waals surface area contributed by atoms with E-state index in [-0.39, 0.29) is 5.78 Å². The van der Waals surface area contributed by atoms with Gasteiger partial charge in [-0.3, -0.25) is 9.78 Å². The molecule has 0 aliphatic heterocycles. The van der Waals surface area contributed by atoms with Gasteiger partial charge in [-0.05, 0) is 24.3 Å². The fourth-order valence-electron chi connectivity index (χ4n) is 1.73. The summed E-state index contributed by atoms with van der Waals surface area (Å²) in [7, 11) is 0. The molecule has 0 amide bonds. The van der Waals surface area contributed by atoms with Gasteiger partial charge >= 0.3 is 0 Å². The van der Waals surface area contributed by atoms with E-state index in [2.05, 4.69) is 4.98 Å². The second-order valence-electron chi connectivity index (χ2n) is 3.72. The fraction of sp³-hybridized carbons (Fsp3) is 0. The lowest BCUT2D eigenvalue weighted by molar-refractivity contribution is 0.101. The molecule has 3 nitrogen and oxygen atoms in total. The van der Waals surface area contributed by atoms with Crippen LogP contribution in [-0.4, -0.2) is 10.8 Å². The van der Waals surface area contributed by atoms with E-state index in [1.165, 1.54) is 6.20 Å². The van der Waals surface area contributed by atoms with Crippen molar-refractivity contribution >= 4 is 16.8 Å². The number of benzene rings is 1. The van der Waals surface area contributed by atoms with E-state index in [0.717, 1.165) is 11.0 Å². The SMILES string of the molecule is O=C(c1cccnc1)c1cc2ccccc2o1. The first kappa shape index (κ1) is 9.78. The van der Waals surface area contributed by atoms with Gasteiger partial charge < -0.3 is 4.42 Å². The summed E-state index contributed by atoms with van der Waals surface area (Å²) in [5.41, 5.74) is 1.26. The zero-order valence-corrected chi connectivity index (χ0v) is 8.96. The third-order valence-corrected chi connectivity index (χ3v) is 2.57. The topological polar surface area (TPSA) is 43.1 Å². The molecule has 1 aromatic carbocycles. The zero-order valence-electron chi connectivity index (χ0n) is 8.96. The Morgan fingerprint density at radius 1 is 1.12 bits per heavy atom. The summed E-state index contributed by atoms with van der Waals surface area (Å²) in [5.74, 6) is 0.202. The molecule has 0 aliphatic carbocycles. The number of hydrogen-bond acceptors (Lipinski definition) is 3. The third-order valence-electron chi connectivity index (χ3n) is 2.57. The second kappa shape index (κ2) is 3.87. The molecule has 0 radical (unpaired) electrons. The first-order valence-electron chi connectivity index (χ1n) is 5.28. The summed E-state index contributed by atoms with van der Waals surface area (Å²) in [5, 5.41) is 0.930. The Bertz CT molecular complexity index is 638. The minimum absolute atomic E-state index is 0.144. The average Bonchev–Trinajstić information content (AvgIpc) is 2.82. The van der Waals surface area contributed by atoms with E-state index in [1.807, 2.05) is 24.3 Å². The predicted molar refractivity (Wildman–Crippen MR) is 63.9 cm³/mol. The van der Waals surface area contributed by atoms with Crippen LogP contribution in [0, 0.1) is 0 Å². The summed E-state index contributed by atoms with van der Waals surface area (Å²) < 4.78 is 5.51. The quantitative estimate of drug-likeness (QED) is 0.627. The molecule has 0 atom stereocenters. The highest BCUT2D eigenvalue weighted by Crippen LogP contribution is 2.20. The van der Waals surface area contributed by atoms with Gasteiger partial charge in [0.05, 0.1) is 0 Å². The summed E-state index contributed by atoms with van der Waals surface area (Å²) in [6.45, 7) is 0. The Balaban J connectivity index is 2.07. The van der Waals surface area contributed by atoms with Crippen molar-refractivity contribution in [3.63, 3.8) is 0 Å². The molecule has 3 heteroatoms. The maximum absolute atomic E-state index is 12.1. The van der Waals surface area contributed by atoms with E-state index in [9.17, 15) is 4.79 Å². The monoisotopic (exact) mass is 223 g/mol. The molecule has 0 spiro atoms. The second-order valence-corrected chi connectivity index (χ2v) is 3.72. The Morgan fingerprint density at radius 3 is 2.76 bits per heavy atom. The summed E-state index contributed by atoms with van der Waals surface area (Å²) in [6.07, 6.45) is 3.17. The van der Waals surface area contributed by atoms with Crippen LogP contribution in [0.2, 0.25) is 0 Å². The highest BCUT2D eigenvalue weighted by Gasteiger charge is 2.13. The number of nitrogens with zero attached hydrogens (tertiary/aromatic N) is 1. The maximum Gasteiger partial charge on any atom is 0.229 e. The van der Waals surface area contributed by atoms with Crippen LogP contribution in [0.1, 0.15) is 16.1 Å². The summed E-state index contributed by atoms with van der Waals surface area (Å²) in [4.78, 5) is 16.0. The van der Waals surface area contributed by atoms with Crippen LogP contribution in [-0.2, 0) is 0 Å². The lowest BCUT2D eigenvalue weighted by atomic mass is 10.1. The van der Waals surface area contributed by atoms with Crippen molar-refractivity contribution in [3.05, 3.63) is 66.2 Å². The number of carbonyl (C=O) groups is 1. The largest absolute Gasteiger partial charge is 0.453 e. The van der Waals surface area contributed by atoms with Gasteiger partial charge in [0, 0.05) is 23.3 Å². The van der Waals surface area contributed by atoms with Gasteiger partial charge in [0.1, 0.15) is 5.58 Å². The van der Waals surface area contributed by atoms with Crippen LogP contribution in [0.4, 0.5) is 0 Å². The molecule has 3 aromatic rings. The average molecular weight is 223 g/mol. The van der Waals surface area contributed by atoms with Gasteiger partial charge in [-0.1, -0.05) is 18.2 Å². The molecular formula is C14H9NO2. The molecule has 82 valence electrons. The smallest absolute Gasteiger partial charge is 0.229 e. The molecule has 2 aromatic heterocycles. The number of ketones is 1. The van der Waals surface area contributed by atoms with Gasteiger partial charge in [0.15, 0.2) is 5.76 Å². The van der Waals surface area contributed by atoms with Crippen molar-refractivity contribution in [1.82, 2.24) is 4.98 Å².